The normalized spacial score (nSPS) is 10.1. The van der Waals surface area contributed by atoms with Crippen LogP contribution < -0.4 is 5.32 Å². The van der Waals surface area contributed by atoms with Crippen molar-refractivity contribution >= 4 is 11.6 Å². The maximum Gasteiger partial charge on any atom is 0.255 e. The van der Waals surface area contributed by atoms with E-state index in [4.69, 9.17) is 5.26 Å². The molecule has 7 nitrogen and oxygen atoms in total. The van der Waals surface area contributed by atoms with E-state index in [9.17, 15) is 4.79 Å². The Balaban J connectivity index is 1.82. The van der Waals surface area contributed by atoms with Crippen LogP contribution in [0, 0.1) is 18.3 Å². The van der Waals surface area contributed by atoms with E-state index in [1.165, 1.54) is 6.33 Å². The number of nitriles is 1. The Morgan fingerprint density at radius 1 is 1.26 bits per heavy atom. The lowest BCUT2D eigenvalue weighted by molar-refractivity contribution is 0.102. The predicted molar refractivity (Wildman–Crippen MR) is 83.0 cm³/mol. The van der Waals surface area contributed by atoms with Crippen molar-refractivity contribution in [2.24, 2.45) is 0 Å². The fraction of sp³-hybridized carbons (Fsp3) is 0.0625. The van der Waals surface area contributed by atoms with Crippen molar-refractivity contribution < 1.29 is 4.79 Å². The van der Waals surface area contributed by atoms with Crippen LogP contribution in [0.2, 0.25) is 0 Å². The number of tetrazole rings is 1. The van der Waals surface area contributed by atoms with Crippen LogP contribution in [0.1, 0.15) is 21.5 Å². The minimum absolute atomic E-state index is 0.267. The van der Waals surface area contributed by atoms with Crippen LogP contribution in [-0.4, -0.2) is 26.1 Å². The molecule has 0 aliphatic carbocycles. The maximum absolute atomic E-state index is 12.2. The Labute approximate surface area is 132 Å². The molecule has 7 heteroatoms. The lowest BCUT2D eigenvalue weighted by atomic mass is 10.1. The molecule has 1 amide bonds. The van der Waals surface area contributed by atoms with Crippen molar-refractivity contribution in [3.8, 4) is 11.8 Å². The highest BCUT2D eigenvalue weighted by Gasteiger charge is 2.09. The Bertz CT molecular complexity index is 895. The maximum atomic E-state index is 12.2. The first-order valence-electron chi connectivity index (χ1n) is 6.83. The van der Waals surface area contributed by atoms with Gasteiger partial charge in [-0.15, -0.1) is 5.10 Å². The number of rotatable bonds is 3. The van der Waals surface area contributed by atoms with E-state index >= 15 is 0 Å². The molecule has 3 rings (SSSR count). The van der Waals surface area contributed by atoms with Gasteiger partial charge >= 0.3 is 0 Å². The van der Waals surface area contributed by atoms with Gasteiger partial charge in [0.1, 0.15) is 6.33 Å². The molecule has 0 spiro atoms. The lowest BCUT2D eigenvalue weighted by Crippen LogP contribution is -2.12. The summed E-state index contributed by atoms with van der Waals surface area (Å²) < 4.78 is 1.55. The van der Waals surface area contributed by atoms with Gasteiger partial charge in [-0.25, -0.2) is 4.68 Å². The van der Waals surface area contributed by atoms with Crippen LogP contribution in [0.15, 0.2) is 48.8 Å². The van der Waals surface area contributed by atoms with Crippen LogP contribution in [0.3, 0.4) is 0 Å². The zero-order valence-corrected chi connectivity index (χ0v) is 12.3. The SMILES string of the molecule is Cc1cc(NC(=O)c2cccc(C#N)c2)ccc1-n1cnnn1. The second kappa shape index (κ2) is 6.07. The average Bonchev–Trinajstić information content (AvgIpc) is 3.09. The molecule has 0 fully saturated rings. The van der Waals surface area contributed by atoms with Crippen LogP contribution in [-0.2, 0) is 0 Å². The molecule has 1 aromatic heterocycles. The fourth-order valence-electron chi connectivity index (χ4n) is 2.20. The van der Waals surface area contributed by atoms with Crippen LogP contribution in [0.4, 0.5) is 5.69 Å². The van der Waals surface area contributed by atoms with Gasteiger partial charge in [-0.2, -0.15) is 5.26 Å². The number of aryl methyl sites for hydroxylation is 1. The highest BCUT2D eigenvalue weighted by molar-refractivity contribution is 6.04. The van der Waals surface area contributed by atoms with Gasteiger partial charge in [0.05, 0.1) is 17.3 Å². The number of anilines is 1. The topological polar surface area (TPSA) is 96.5 Å². The van der Waals surface area contributed by atoms with Gasteiger partial charge in [-0.3, -0.25) is 4.79 Å². The Kier molecular flexibility index (Phi) is 3.80. The minimum atomic E-state index is -0.267. The number of hydrogen-bond donors (Lipinski definition) is 1. The number of amides is 1. The molecule has 0 saturated heterocycles. The van der Waals surface area contributed by atoms with E-state index in [-0.39, 0.29) is 5.91 Å². The zero-order valence-electron chi connectivity index (χ0n) is 12.3. The first-order valence-corrected chi connectivity index (χ1v) is 6.83. The summed E-state index contributed by atoms with van der Waals surface area (Å²) in [7, 11) is 0. The second-order valence-corrected chi connectivity index (χ2v) is 4.90. The molecule has 0 saturated carbocycles. The summed E-state index contributed by atoms with van der Waals surface area (Å²) in [6.45, 7) is 1.91. The van der Waals surface area contributed by atoms with Crippen LogP contribution in [0.5, 0.6) is 0 Å². The fourth-order valence-corrected chi connectivity index (χ4v) is 2.20. The molecule has 0 atom stereocenters. The first-order chi connectivity index (χ1) is 11.2. The zero-order chi connectivity index (χ0) is 16.2. The lowest BCUT2D eigenvalue weighted by Gasteiger charge is -2.09. The second-order valence-electron chi connectivity index (χ2n) is 4.90. The first kappa shape index (κ1) is 14.4. The number of carbonyl (C=O) groups is 1. The van der Waals surface area contributed by atoms with E-state index in [2.05, 4.69) is 20.8 Å². The Morgan fingerprint density at radius 3 is 2.83 bits per heavy atom. The van der Waals surface area contributed by atoms with E-state index < -0.39 is 0 Å². The number of nitrogens with zero attached hydrogens (tertiary/aromatic N) is 5. The number of hydrogen-bond acceptors (Lipinski definition) is 5. The van der Waals surface area contributed by atoms with E-state index in [1.54, 1.807) is 35.0 Å². The Hall–Kier alpha value is -3.53. The van der Waals surface area contributed by atoms with Gasteiger partial charge in [-0.05, 0) is 59.3 Å². The molecule has 1 heterocycles. The molecule has 0 aliphatic heterocycles. The summed E-state index contributed by atoms with van der Waals surface area (Å²) in [4.78, 5) is 12.2. The van der Waals surface area contributed by atoms with Crippen molar-refractivity contribution in [1.29, 1.82) is 5.26 Å². The molecule has 3 aromatic rings. The highest BCUT2D eigenvalue weighted by atomic mass is 16.1. The summed E-state index contributed by atoms with van der Waals surface area (Å²) in [6, 6.07) is 14.0. The summed E-state index contributed by atoms with van der Waals surface area (Å²) in [5.41, 5.74) is 3.29. The van der Waals surface area contributed by atoms with Crippen molar-refractivity contribution in [1.82, 2.24) is 20.2 Å². The molecule has 1 N–H and O–H groups in total. The van der Waals surface area contributed by atoms with Crippen molar-refractivity contribution in [2.75, 3.05) is 5.32 Å². The standard InChI is InChI=1S/C16H12N6O/c1-11-7-14(5-6-15(11)22-10-18-20-21-22)19-16(23)13-4-2-3-12(8-13)9-17/h2-8,10H,1H3,(H,19,23). The van der Waals surface area contributed by atoms with Crippen molar-refractivity contribution in [2.45, 2.75) is 6.92 Å². The number of nitrogens with one attached hydrogen (secondary N) is 1. The van der Waals surface area contributed by atoms with E-state index in [0.717, 1.165) is 11.3 Å². The molecular weight excluding hydrogens is 292 g/mol. The summed E-state index contributed by atoms with van der Waals surface area (Å²) in [5.74, 6) is -0.267. The minimum Gasteiger partial charge on any atom is -0.322 e. The van der Waals surface area contributed by atoms with Crippen LogP contribution in [0.25, 0.3) is 5.69 Å². The third-order valence-electron chi connectivity index (χ3n) is 3.30. The van der Waals surface area contributed by atoms with Gasteiger partial charge < -0.3 is 5.32 Å². The molecule has 0 unspecified atom stereocenters. The van der Waals surface area contributed by atoms with Gasteiger partial charge in [0.2, 0.25) is 0 Å². The quantitative estimate of drug-likeness (QED) is 0.799. The van der Waals surface area contributed by atoms with Gasteiger partial charge in [0.25, 0.3) is 5.91 Å². The summed E-state index contributed by atoms with van der Waals surface area (Å²) in [5, 5.41) is 22.8. The highest BCUT2D eigenvalue weighted by Crippen LogP contribution is 2.18. The number of carbonyl (C=O) groups excluding carboxylic acids is 1. The average molecular weight is 304 g/mol. The van der Waals surface area contributed by atoms with Crippen molar-refractivity contribution in [3.05, 3.63) is 65.5 Å². The van der Waals surface area contributed by atoms with Gasteiger partial charge in [0, 0.05) is 11.3 Å². The third kappa shape index (κ3) is 3.06. The number of aromatic nitrogens is 4. The molecule has 23 heavy (non-hydrogen) atoms. The molecule has 0 bridgehead atoms. The molecule has 0 aliphatic rings. The predicted octanol–water partition coefficient (Wildman–Crippen LogP) is 2.09. The molecule has 112 valence electrons. The molecule has 0 radical (unpaired) electrons. The number of benzene rings is 2. The molecule has 2 aromatic carbocycles. The van der Waals surface area contributed by atoms with Gasteiger partial charge in [0.15, 0.2) is 0 Å². The van der Waals surface area contributed by atoms with Crippen molar-refractivity contribution in [3.63, 3.8) is 0 Å². The largest absolute Gasteiger partial charge is 0.322 e. The van der Waals surface area contributed by atoms with E-state index in [0.29, 0.717) is 16.8 Å². The third-order valence-corrected chi connectivity index (χ3v) is 3.30. The van der Waals surface area contributed by atoms with Crippen LogP contribution >= 0.6 is 0 Å². The van der Waals surface area contributed by atoms with E-state index in [1.807, 2.05) is 25.1 Å². The Morgan fingerprint density at radius 2 is 2.13 bits per heavy atom. The monoisotopic (exact) mass is 304 g/mol. The summed E-state index contributed by atoms with van der Waals surface area (Å²) in [6.07, 6.45) is 1.51. The summed E-state index contributed by atoms with van der Waals surface area (Å²) >= 11 is 0. The molecular formula is C16H12N6O. The van der Waals surface area contributed by atoms with Gasteiger partial charge in [-0.1, -0.05) is 6.07 Å². The smallest absolute Gasteiger partial charge is 0.255 e.